The van der Waals surface area contributed by atoms with Crippen LogP contribution in [0, 0.1) is 0 Å². The van der Waals surface area contributed by atoms with Gasteiger partial charge in [-0.1, -0.05) is 38.5 Å². The zero-order chi connectivity index (χ0) is 23.8. The number of nitrogens with zero attached hydrogens (tertiary/aromatic N) is 4. The maximum absolute atomic E-state index is 10.5. The fourth-order valence-electron chi connectivity index (χ4n) is 3.95. The van der Waals surface area contributed by atoms with Crippen LogP contribution in [0.15, 0.2) is 12.7 Å². The Morgan fingerprint density at radius 2 is 1.65 bits per heavy atom. The molecule has 0 saturated carbocycles. The Bertz CT molecular complexity index is 993. The van der Waals surface area contributed by atoms with E-state index in [4.69, 9.17) is 4.74 Å². The van der Waals surface area contributed by atoms with E-state index < -0.39 is 41.3 Å². The zero-order valence-corrected chi connectivity index (χ0v) is 22.2. The van der Waals surface area contributed by atoms with E-state index >= 15 is 0 Å². The van der Waals surface area contributed by atoms with Gasteiger partial charge in [0.15, 0.2) is 23.2 Å². The number of unbranched alkanes of at least 4 members (excludes halogenated alkanes) is 7. The van der Waals surface area contributed by atoms with E-state index in [9.17, 15) is 28.3 Å². The Morgan fingerprint density at radius 3 is 2.26 bits per heavy atom. The molecule has 0 amide bonds. The summed E-state index contributed by atoms with van der Waals surface area (Å²) in [5, 5.41) is 32.8. The third-order valence-corrected chi connectivity index (χ3v) is 6.55. The van der Waals surface area contributed by atoms with Crippen LogP contribution in [-0.2, 0) is 14.9 Å². The maximum atomic E-state index is 10.5. The van der Waals surface area contributed by atoms with Gasteiger partial charge >= 0.3 is 29.6 Å². The molecule has 1 aliphatic rings. The van der Waals surface area contributed by atoms with E-state index in [0.29, 0.717) is 29.9 Å². The van der Waals surface area contributed by atoms with Gasteiger partial charge in [-0.05, 0) is 12.8 Å². The number of nitrogens with one attached hydrogen (secondary N) is 1. The molecule has 0 bridgehead atoms. The number of aromatic nitrogens is 4. The number of ether oxygens (including phenoxy) is 1. The summed E-state index contributed by atoms with van der Waals surface area (Å²) in [5.74, 6) is 0.297. The number of aliphatic hydroxyl groups excluding tert-OH is 3. The second-order valence-corrected chi connectivity index (χ2v) is 9.82. The predicted octanol–water partition coefficient (Wildman–Crippen LogP) is -2.48. The average molecular weight is 510 g/mol. The van der Waals surface area contributed by atoms with Crippen molar-refractivity contribution in [2.24, 2.45) is 0 Å². The molecule has 34 heavy (non-hydrogen) atoms. The molecule has 1 aliphatic heterocycles. The summed E-state index contributed by atoms with van der Waals surface area (Å²) in [4.78, 5) is 12.8. The van der Waals surface area contributed by atoms with Crippen LogP contribution in [0.3, 0.4) is 0 Å². The third kappa shape index (κ3) is 8.07. The largest absolute Gasteiger partial charge is 1.00 e. The summed E-state index contributed by atoms with van der Waals surface area (Å²) in [6.07, 6.45) is 5.93. The number of hydrogen-bond donors (Lipinski definition) is 4. The molecule has 1 fully saturated rings. The van der Waals surface area contributed by atoms with Crippen LogP contribution >= 0.6 is 0 Å². The van der Waals surface area contributed by atoms with Crippen LogP contribution in [-0.4, -0.2) is 85.0 Å². The molecule has 14 heteroatoms. The molecule has 4 atom stereocenters. The van der Waals surface area contributed by atoms with Gasteiger partial charge in [0, 0.05) is 12.3 Å². The second-order valence-electron chi connectivity index (χ2n) is 8.29. The number of rotatable bonds is 14. The predicted molar refractivity (Wildman–Crippen MR) is 118 cm³/mol. The molecule has 0 aliphatic carbocycles. The van der Waals surface area contributed by atoms with Crippen LogP contribution in [0.1, 0.15) is 57.6 Å². The normalized spacial score (nSPS) is 22.7. The van der Waals surface area contributed by atoms with Gasteiger partial charge in [-0.3, -0.25) is 4.57 Å². The van der Waals surface area contributed by atoms with E-state index in [-0.39, 0.29) is 35.3 Å². The molecule has 2 aromatic heterocycles. The van der Waals surface area contributed by atoms with Gasteiger partial charge in [-0.25, -0.2) is 23.4 Å². The van der Waals surface area contributed by atoms with E-state index in [2.05, 4.69) is 20.3 Å². The van der Waals surface area contributed by atoms with Crippen LogP contribution in [0.5, 0.6) is 0 Å². The minimum Gasteiger partial charge on any atom is -0.748 e. The summed E-state index contributed by atoms with van der Waals surface area (Å²) >= 11 is 0. The number of imidazole rings is 1. The molecule has 0 spiro atoms. The van der Waals surface area contributed by atoms with E-state index in [1.807, 2.05) is 0 Å². The number of hydrogen-bond acceptors (Lipinski definition) is 11. The van der Waals surface area contributed by atoms with Gasteiger partial charge in [0.05, 0.1) is 23.1 Å². The van der Waals surface area contributed by atoms with Gasteiger partial charge in [-0.15, -0.1) is 0 Å². The Morgan fingerprint density at radius 1 is 1.00 bits per heavy atom. The summed E-state index contributed by atoms with van der Waals surface area (Å²) in [7, 11) is -4.09. The van der Waals surface area contributed by atoms with Crippen molar-refractivity contribution >= 4 is 27.1 Å². The van der Waals surface area contributed by atoms with Crippen molar-refractivity contribution in [1.82, 2.24) is 19.5 Å². The molecule has 0 unspecified atom stereocenters. The summed E-state index contributed by atoms with van der Waals surface area (Å²) in [5.41, 5.74) is 0.974. The quantitative estimate of drug-likeness (QED) is 0.120. The van der Waals surface area contributed by atoms with Crippen molar-refractivity contribution < 1.29 is 62.6 Å². The third-order valence-electron chi connectivity index (χ3n) is 5.76. The standard InChI is InChI=1S/C20H33N5O7S.Na/c26-11-14-16(27)17(28)20(32-14)25-13-24-15-18(22-12-23-19(15)25)21-9-7-5-3-1-2-4-6-8-10-33(29,30)31;/h12-14,16-17,20,26-28H,1-11H2,(H,21,22,23)(H,29,30,31);/q;+1/p-1/t14-,16-,17-,20-;/m1./s1. The first kappa shape index (κ1) is 29.3. The Balaban J connectivity index is 0.00000408. The first-order valence-corrected chi connectivity index (χ1v) is 12.9. The van der Waals surface area contributed by atoms with Crippen LogP contribution in [0.4, 0.5) is 5.82 Å². The molecule has 1 saturated heterocycles. The molecule has 4 N–H and O–H groups in total. The fourth-order valence-corrected chi connectivity index (χ4v) is 4.51. The van der Waals surface area contributed by atoms with Crippen molar-refractivity contribution in [2.45, 2.75) is 75.9 Å². The van der Waals surface area contributed by atoms with Gasteiger partial charge in [0.25, 0.3) is 0 Å². The zero-order valence-electron chi connectivity index (χ0n) is 19.4. The van der Waals surface area contributed by atoms with Crippen molar-refractivity contribution in [3.63, 3.8) is 0 Å². The molecule has 3 heterocycles. The summed E-state index contributed by atoms with van der Waals surface area (Å²) in [6.45, 7) is 0.295. The van der Waals surface area contributed by atoms with Crippen LogP contribution in [0.25, 0.3) is 11.2 Å². The molecule has 0 aromatic carbocycles. The summed E-state index contributed by atoms with van der Waals surface area (Å²) in [6, 6.07) is 0. The molecule has 2 aromatic rings. The molecular weight excluding hydrogens is 477 g/mol. The number of aliphatic hydroxyl groups is 3. The first-order chi connectivity index (χ1) is 15.8. The van der Waals surface area contributed by atoms with Crippen LogP contribution in [0.2, 0.25) is 0 Å². The SMILES string of the molecule is O=S(=O)([O-])CCCCCCCCCCNc1ncnc2c1ncn2[C@@H]1O[C@H](CO)[C@@H](O)[C@H]1O.[Na+]. The minimum absolute atomic E-state index is 0. The Kier molecular flexibility index (Phi) is 12.1. The van der Waals surface area contributed by atoms with Crippen molar-refractivity contribution in [1.29, 1.82) is 0 Å². The van der Waals surface area contributed by atoms with Crippen molar-refractivity contribution in [3.8, 4) is 0 Å². The molecule has 0 radical (unpaired) electrons. The number of anilines is 1. The smallest absolute Gasteiger partial charge is 0.748 e. The minimum atomic E-state index is -4.09. The topological polar surface area (TPSA) is 183 Å². The summed E-state index contributed by atoms with van der Waals surface area (Å²) < 4.78 is 38.7. The monoisotopic (exact) mass is 509 g/mol. The fraction of sp³-hybridized carbons (Fsp3) is 0.750. The van der Waals surface area contributed by atoms with Gasteiger partial charge in [0.1, 0.15) is 24.6 Å². The Hall–Kier alpha value is -0.900. The Labute approximate surface area is 221 Å². The molecule has 186 valence electrons. The van der Waals surface area contributed by atoms with Gasteiger partial charge in [0.2, 0.25) is 0 Å². The average Bonchev–Trinajstić information content (AvgIpc) is 3.32. The van der Waals surface area contributed by atoms with Gasteiger partial charge < -0.3 is 29.9 Å². The first-order valence-electron chi connectivity index (χ1n) is 11.3. The second kappa shape index (κ2) is 14.0. The van der Waals surface area contributed by atoms with Gasteiger partial charge in [-0.2, -0.15) is 0 Å². The van der Waals surface area contributed by atoms with Crippen molar-refractivity contribution in [3.05, 3.63) is 12.7 Å². The molecular formula is C20H32N5NaO7S. The van der Waals surface area contributed by atoms with E-state index in [1.165, 1.54) is 17.2 Å². The van der Waals surface area contributed by atoms with Crippen molar-refractivity contribution in [2.75, 3.05) is 24.2 Å². The molecule has 3 rings (SSSR count). The molecule has 12 nitrogen and oxygen atoms in total. The maximum Gasteiger partial charge on any atom is 1.00 e. The number of fused-ring (bicyclic) bond motifs is 1. The van der Waals surface area contributed by atoms with E-state index in [0.717, 1.165) is 44.9 Å². The van der Waals surface area contributed by atoms with E-state index in [1.54, 1.807) is 0 Å². The van der Waals surface area contributed by atoms with Crippen LogP contribution < -0.4 is 34.9 Å².